The van der Waals surface area contributed by atoms with Gasteiger partial charge in [0.05, 0.1) is 31.4 Å². The largest absolute Gasteiger partial charge is 0.481 e. The van der Waals surface area contributed by atoms with Crippen LogP contribution in [-0.2, 0) is 33.8 Å². The zero-order valence-corrected chi connectivity index (χ0v) is 25.6. The number of alkyl halides is 3. The molecule has 0 saturated carbocycles. The summed E-state index contributed by atoms with van der Waals surface area (Å²) in [6.07, 6.45) is -5.13. The Balaban J connectivity index is 1.55. The number of halogens is 6. The summed E-state index contributed by atoms with van der Waals surface area (Å²) in [4.78, 5) is 24.3. The van der Waals surface area contributed by atoms with Crippen molar-refractivity contribution in [1.29, 1.82) is 0 Å². The molecule has 2 N–H and O–H groups in total. The number of carbonyl (C=O) groups excluding carboxylic acids is 1. The second-order valence-corrected chi connectivity index (χ2v) is 12.7. The maximum absolute atomic E-state index is 13.4. The number of carboxylic acids is 1. The van der Waals surface area contributed by atoms with E-state index in [4.69, 9.17) is 34.8 Å². The van der Waals surface area contributed by atoms with Crippen molar-refractivity contribution in [3.05, 3.63) is 128 Å². The number of nitrogens with one attached hydrogen (secondary N) is 1. The van der Waals surface area contributed by atoms with Gasteiger partial charge in [-0.3, -0.25) is 14.3 Å². The Bertz CT molecular complexity index is 1800. The van der Waals surface area contributed by atoms with E-state index >= 15 is 0 Å². The van der Waals surface area contributed by atoms with Crippen molar-refractivity contribution in [2.24, 2.45) is 5.92 Å². The minimum Gasteiger partial charge on any atom is -0.481 e. The van der Waals surface area contributed by atoms with E-state index in [0.29, 0.717) is 0 Å². The second-order valence-electron chi connectivity index (χ2n) is 9.86. The number of hydrogen-bond donors (Lipinski definition) is 2. The van der Waals surface area contributed by atoms with Crippen LogP contribution >= 0.6 is 34.8 Å². The fourth-order valence-electron chi connectivity index (χ4n) is 4.52. The summed E-state index contributed by atoms with van der Waals surface area (Å²) in [6, 6.07) is 19.9. The third-order valence-electron chi connectivity index (χ3n) is 6.72. The molecule has 0 aliphatic rings. The van der Waals surface area contributed by atoms with Crippen LogP contribution in [0.5, 0.6) is 0 Å². The van der Waals surface area contributed by atoms with Crippen LogP contribution in [0.1, 0.15) is 39.0 Å². The first-order valence-electron chi connectivity index (χ1n) is 12.9. The number of ketones is 1. The maximum atomic E-state index is 13.4. The molecule has 0 fully saturated rings. The first kappa shape index (κ1) is 33.3. The first-order chi connectivity index (χ1) is 20.7. The van der Waals surface area contributed by atoms with Crippen molar-refractivity contribution in [1.82, 2.24) is 0 Å². The average molecular weight is 685 g/mol. The second kappa shape index (κ2) is 13.6. The number of hydrogen-bond acceptors (Lipinski definition) is 4. The molecule has 0 bridgehead atoms. The number of carboxylic acid groups (broad SMARTS) is 1. The number of benzene rings is 4. The molecular weight excluding hydrogens is 662 g/mol. The van der Waals surface area contributed by atoms with Crippen molar-refractivity contribution in [2.75, 3.05) is 4.72 Å². The molecule has 4 aromatic carbocycles. The zero-order valence-electron chi connectivity index (χ0n) is 22.5. The molecule has 4 aromatic rings. The van der Waals surface area contributed by atoms with Crippen LogP contribution < -0.4 is 4.72 Å². The molecule has 0 radical (unpaired) electrons. The molecule has 44 heavy (non-hydrogen) atoms. The van der Waals surface area contributed by atoms with Gasteiger partial charge in [0.25, 0.3) is 10.0 Å². The van der Waals surface area contributed by atoms with E-state index in [0.717, 1.165) is 17.7 Å². The lowest BCUT2D eigenvalue weighted by Crippen LogP contribution is -2.20. The predicted octanol–water partition coefficient (Wildman–Crippen LogP) is 8.57. The van der Waals surface area contributed by atoms with Gasteiger partial charge >= 0.3 is 12.1 Å². The molecule has 0 heterocycles. The van der Waals surface area contributed by atoms with Crippen LogP contribution in [0.2, 0.25) is 15.1 Å². The number of sulfonamides is 1. The Labute approximate surface area is 266 Å². The minimum absolute atomic E-state index is 0.000389. The lowest BCUT2D eigenvalue weighted by molar-refractivity contribution is -0.141. The van der Waals surface area contributed by atoms with Gasteiger partial charge in [-0.15, -0.1) is 0 Å². The van der Waals surface area contributed by atoms with E-state index in [-0.39, 0.29) is 56.6 Å². The van der Waals surface area contributed by atoms with Crippen molar-refractivity contribution in [2.45, 2.75) is 30.3 Å². The Morgan fingerprint density at radius 2 is 1.48 bits per heavy atom. The van der Waals surface area contributed by atoms with Crippen LogP contribution in [0.3, 0.4) is 0 Å². The van der Waals surface area contributed by atoms with E-state index in [1.54, 1.807) is 30.3 Å². The van der Waals surface area contributed by atoms with Crippen LogP contribution in [0.25, 0.3) is 0 Å². The minimum atomic E-state index is -4.73. The summed E-state index contributed by atoms with van der Waals surface area (Å²) in [5.41, 5.74) is 0.0103. The lowest BCUT2D eigenvalue weighted by Gasteiger charge is -2.16. The highest BCUT2D eigenvalue weighted by molar-refractivity contribution is 7.92. The molecule has 0 saturated heterocycles. The molecule has 13 heteroatoms. The van der Waals surface area contributed by atoms with E-state index in [2.05, 4.69) is 4.72 Å². The van der Waals surface area contributed by atoms with Gasteiger partial charge in [0.1, 0.15) is 0 Å². The highest BCUT2D eigenvalue weighted by atomic mass is 35.5. The van der Waals surface area contributed by atoms with Crippen LogP contribution in [-0.4, -0.2) is 25.3 Å². The normalized spacial score (nSPS) is 12.5. The quantitative estimate of drug-likeness (QED) is 0.154. The van der Waals surface area contributed by atoms with Gasteiger partial charge in [0, 0.05) is 24.1 Å². The molecule has 0 aliphatic heterocycles. The SMILES string of the molecule is O=C(CC(Cc1ccccc1)C(=O)O)c1ccc(NS(=O)(=O)c2ccc(Cl)c(Cl)c2Cc2ccc(Cl)c(C(F)(F)F)c2)cc1. The molecule has 0 aromatic heterocycles. The molecule has 1 unspecified atom stereocenters. The summed E-state index contributed by atoms with van der Waals surface area (Å²) in [7, 11) is -4.35. The fraction of sp³-hybridized carbons (Fsp3) is 0.161. The smallest absolute Gasteiger partial charge is 0.417 e. The third-order valence-corrected chi connectivity index (χ3v) is 9.36. The number of anilines is 1. The van der Waals surface area contributed by atoms with E-state index < -0.39 is 44.5 Å². The van der Waals surface area contributed by atoms with E-state index in [1.807, 2.05) is 0 Å². The van der Waals surface area contributed by atoms with E-state index in [1.165, 1.54) is 42.5 Å². The van der Waals surface area contributed by atoms with Gasteiger partial charge in [-0.25, -0.2) is 8.42 Å². The molecule has 0 aliphatic carbocycles. The Kier molecular flexibility index (Phi) is 10.3. The van der Waals surface area contributed by atoms with E-state index in [9.17, 15) is 36.3 Å². The summed E-state index contributed by atoms with van der Waals surface area (Å²) in [6.45, 7) is 0. The number of carbonyl (C=O) groups is 2. The number of rotatable bonds is 11. The van der Waals surface area contributed by atoms with Crippen molar-refractivity contribution < 1.29 is 36.3 Å². The summed E-state index contributed by atoms with van der Waals surface area (Å²) < 4.78 is 69.4. The first-order valence-corrected chi connectivity index (χ1v) is 15.5. The van der Waals surface area contributed by atoms with Crippen molar-refractivity contribution in [3.63, 3.8) is 0 Å². The van der Waals surface area contributed by atoms with Crippen LogP contribution in [0.15, 0.2) is 89.8 Å². The third kappa shape index (κ3) is 8.12. The Morgan fingerprint density at radius 3 is 2.09 bits per heavy atom. The van der Waals surface area contributed by atoms with Gasteiger partial charge in [-0.2, -0.15) is 13.2 Å². The van der Waals surface area contributed by atoms with Gasteiger partial charge in [0.2, 0.25) is 0 Å². The molecular formula is C31H23Cl3F3NO5S. The van der Waals surface area contributed by atoms with Gasteiger partial charge < -0.3 is 5.11 Å². The molecule has 0 spiro atoms. The summed E-state index contributed by atoms with van der Waals surface area (Å²) in [5.74, 6) is -2.50. The summed E-state index contributed by atoms with van der Waals surface area (Å²) in [5, 5.41) is 8.96. The molecule has 6 nitrogen and oxygen atoms in total. The highest BCUT2D eigenvalue weighted by Gasteiger charge is 2.33. The van der Waals surface area contributed by atoms with Crippen LogP contribution in [0, 0.1) is 5.92 Å². The molecule has 4 rings (SSSR count). The number of Topliss-reactive ketones (excluding diaryl/α,β-unsaturated/α-hetero) is 1. The van der Waals surface area contributed by atoms with Gasteiger partial charge in [-0.05, 0) is 71.6 Å². The molecule has 1 atom stereocenters. The Hall–Kier alpha value is -3.57. The highest BCUT2D eigenvalue weighted by Crippen LogP contribution is 2.38. The van der Waals surface area contributed by atoms with Crippen molar-refractivity contribution >= 4 is 62.3 Å². The lowest BCUT2D eigenvalue weighted by atomic mass is 9.92. The van der Waals surface area contributed by atoms with Gasteiger partial charge in [-0.1, -0.05) is 71.2 Å². The Morgan fingerprint density at radius 1 is 0.841 bits per heavy atom. The average Bonchev–Trinajstić information content (AvgIpc) is 2.96. The van der Waals surface area contributed by atoms with Crippen LogP contribution in [0.4, 0.5) is 18.9 Å². The van der Waals surface area contributed by atoms with Gasteiger partial charge in [0.15, 0.2) is 5.78 Å². The molecule has 230 valence electrons. The predicted molar refractivity (Wildman–Crippen MR) is 163 cm³/mol. The standard InChI is InChI=1S/C31H23Cl3F3NO5S/c32-25-11-6-19(16-24(25)31(35,36)37)15-23-28(13-12-26(33)29(23)34)44(42,43)38-22-9-7-20(8-10-22)27(39)17-21(30(40)41)14-18-4-2-1-3-5-18/h1-13,16,21,38H,14-15,17H2,(H,40,41). The fourth-order valence-corrected chi connectivity index (χ4v) is 6.51. The van der Waals surface area contributed by atoms with Crippen molar-refractivity contribution in [3.8, 4) is 0 Å². The topological polar surface area (TPSA) is 101 Å². The maximum Gasteiger partial charge on any atom is 0.417 e. The summed E-state index contributed by atoms with van der Waals surface area (Å²) >= 11 is 18.2. The number of aliphatic carboxylic acids is 1. The molecule has 0 amide bonds. The monoisotopic (exact) mass is 683 g/mol. The zero-order chi connectivity index (χ0) is 32.2.